The SMILES string of the molecule is COc1ccc(-n2cncc2C(=O)c2ccccc2C)cc1. The lowest BCUT2D eigenvalue weighted by Gasteiger charge is -2.09. The third-order valence-electron chi connectivity index (χ3n) is 3.61. The molecule has 0 bridgehead atoms. The summed E-state index contributed by atoms with van der Waals surface area (Å²) < 4.78 is 6.94. The normalized spacial score (nSPS) is 10.5. The van der Waals surface area contributed by atoms with Gasteiger partial charge in [0.25, 0.3) is 0 Å². The monoisotopic (exact) mass is 292 g/mol. The third kappa shape index (κ3) is 2.51. The Labute approximate surface area is 129 Å². The first-order valence-electron chi connectivity index (χ1n) is 6.98. The Hall–Kier alpha value is -2.88. The Bertz CT molecular complexity index is 804. The quantitative estimate of drug-likeness (QED) is 0.692. The Morgan fingerprint density at radius 1 is 1.09 bits per heavy atom. The van der Waals surface area contributed by atoms with Crippen molar-refractivity contribution in [2.75, 3.05) is 7.11 Å². The van der Waals surface area contributed by atoms with E-state index >= 15 is 0 Å². The summed E-state index contributed by atoms with van der Waals surface area (Å²) in [6.07, 6.45) is 3.24. The zero-order valence-electron chi connectivity index (χ0n) is 12.5. The Kier molecular flexibility index (Phi) is 3.74. The van der Waals surface area contributed by atoms with Gasteiger partial charge < -0.3 is 4.74 Å². The molecule has 0 atom stereocenters. The standard InChI is InChI=1S/C18H16N2O2/c1-13-5-3-4-6-16(13)18(21)17-11-19-12-20(17)14-7-9-15(22-2)10-8-14/h3-12H,1-2H3. The van der Waals surface area contributed by atoms with E-state index in [0.717, 1.165) is 17.0 Å². The van der Waals surface area contributed by atoms with Gasteiger partial charge in [-0.3, -0.25) is 9.36 Å². The highest BCUT2D eigenvalue weighted by atomic mass is 16.5. The average molecular weight is 292 g/mol. The molecule has 2 aromatic carbocycles. The van der Waals surface area contributed by atoms with E-state index in [1.165, 1.54) is 0 Å². The second-order valence-electron chi connectivity index (χ2n) is 4.99. The van der Waals surface area contributed by atoms with Crippen LogP contribution >= 0.6 is 0 Å². The summed E-state index contributed by atoms with van der Waals surface area (Å²) in [5.41, 5.74) is 3.06. The van der Waals surface area contributed by atoms with Gasteiger partial charge in [-0.2, -0.15) is 0 Å². The summed E-state index contributed by atoms with van der Waals surface area (Å²) in [4.78, 5) is 16.9. The summed E-state index contributed by atoms with van der Waals surface area (Å²) in [5, 5.41) is 0. The molecule has 1 aromatic heterocycles. The van der Waals surface area contributed by atoms with E-state index in [4.69, 9.17) is 4.74 Å². The molecule has 110 valence electrons. The van der Waals surface area contributed by atoms with Crippen LogP contribution in [-0.2, 0) is 0 Å². The van der Waals surface area contributed by atoms with Crippen molar-refractivity contribution in [3.8, 4) is 11.4 Å². The van der Waals surface area contributed by atoms with Gasteiger partial charge in [0.15, 0.2) is 0 Å². The van der Waals surface area contributed by atoms with Crippen LogP contribution < -0.4 is 4.74 Å². The Morgan fingerprint density at radius 3 is 2.50 bits per heavy atom. The van der Waals surface area contributed by atoms with Crippen LogP contribution in [0.1, 0.15) is 21.6 Å². The number of ketones is 1. The van der Waals surface area contributed by atoms with E-state index in [0.29, 0.717) is 11.3 Å². The van der Waals surface area contributed by atoms with Crippen molar-refractivity contribution >= 4 is 5.78 Å². The summed E-state index contributed by atoms with van der Waals surface area (Å²) in [6.45, 7) is 1.93. The Morgan fingerprint density at radius 2 is 1.82 bits per heavy atom. The van der Waals surface area contributed by atoms with Gasteiger partial charge in [-0.1, -0.05) is 24.3 Å². The number of aryl methyl sites for hydroxylation is 1. The minimum atomic E-state index is -0.0357. The molecule has 0 amide bonds. The Balaban J connectivity index is 2.01. The number of hydrogen-bond donors (Lipinski definition) is 0. The van der Waals surface area contributed by atoms with Crippen LogP contribution in [0, 0.1) is 6.92 Å². The van der Waals surface area contributed by atoms with E-state index in [-0.39, 0.29) is 5.78 Å². The van der Waals surface area contributed by atoms with Crippen LogP contribution in [0.3, 0.4) is 0 Å². The number of rotatable bonds is 4. The molecule has 22 heavy (non-hydrogen) atoms. The molecular weight excluding hydrogens is 276 g/mol. The molecular formula is C18H16N2O2. The second kappa shape index (κ2) is 5.85. The highest BCUT2D eigenvalue weighted by molar-refractivity contribution is 6.09. The van der Waals surface area contributed by atoms with Crippen molar-refractivity contribution in [2.24, 2.45) is 0 Å². The summed E-state index contributed by atoms with van der Waals surface area (Å²) in [6, 6.07) is 15.1. The van der Waals surface area contributed by atoms with Crippen LogP contribution in [0.2, 0.25) is 0 Å². The molecule has 3 rings (SSSR count). The summed E-state index contributed by atoms with van der Waals surface area (Å²) >= 11 is 0. The summed E-state index contributed by atoms with van der Waals surface area (Å²) in [7, 11) is 1.62. The van der Waals surface area contributed by atoms with Crippen molar-refractivity contribution in [3.63, 3.8) is 0 Å². The molecule has 4 nitrogen and oxygen atoms in total. The van der Waals surface area contributed by atoms with E-state index in [2.05, 4.69) is 4.98 Å². The molecule has 0 spiro atoms. The second-order valence-corrected chi connectivity index (χ2v) is 4.99. The molecule has 0 fully saturated rings. The number of methoxy groups -OCH3 is 1. The first-order chi connectivity index (χ1) is 10.7. The molecule has 0 saturated heterocycles. The number of carbonyl (C=O) groups is 1. The number of ether oxygens (including phenoxy) is 1. The van der Waals surface area contributed by atoms with Gasteiger partial charge in [0, 0.05) is 11.3 Å². The minimum Gasteiger partial charge on any atom is -0.497 e. The number of hydrogen-bond acceptors (Lipinski definition) is 3. The molecule has 1 heterocycles. The van der Waals surface area contributed by atoms with Gasteiger partial charge >= 0.3 is 0 Å². The lowest BCUT2D eigenvalue weighted by atomic mass is 10.0. The van der Waals surface area contributed by atoms with Crippen molar-refractivity contribution in [2.45, 2.75) is 6.92 Å². The number of nitrogens with zero attached hydrogens (tertiary/aromatic N) is 2. The molecule has 0 N–H and O–H groups in total. The van der Waals surface area contributed by atoms with E-state index in [9.17, 15) is 4.79 Å². The van der Waals surface area contributed by atoms with Crippen LogP contribution in [0.4, 0.5) is 0 Å². The fourth-order valence-electron chi connectivity index (χ4n) is 2.38. The van der Waals surface area contributed by atoms with Gasteiger partial charge in [-0.05, 0) is 36.8 Å². The van der Waals surface area contributed by atoms with E-state index in [1.54, 1.807) is 24.2 Å². The molecule has 0 radical (unpaired) electrons. The molecule has 3 aromatic rings. The number of imidazole rings is 1. The number of aromatic nitrogens is 2. The molecule has 4 heteroatoms. The maximum absolute atomic E-state index is 12.8. The molecule has 0 unspecified atom stereocenters. The van der Waals surface area contributed by atoms with Crippen molar-refractivity contribution < 1.29 is 9.53 Å². The average Bonchev–Trinajstić information content (AvgIpc) is 3.04. The van der Waals surface area contributed by atoms with Crippen LogP contribution in [0.25, 0.3) is 5.69 Å². The molecule has 0 aliphatic heterocycles. The molecule has 0 aliphatic carbocycles. The lowest BCUT2D eigenvalue weighted by Crippen LogP contribution is -2.09. The predicted octanol–water partition coefficient (Wildman–Crippen LogP) is 3.42. The fourth-order valence-corrected chi connectivity index (χ4v) is 2.38. The fraction of sp³-hybridized carbons (Fsp3) is 0.111. The topological polar surface area (TPSA) is 44.1 Å². The molecule has 0 saturated carbocycles. The third-order valence-corrected chi connectivity index (χ3v) is 3.61. The molecule has 0 aliphatic rings. The van der Waals surface area contributed by atoms with Gasteiger partial charge in [0.05, 0.1) is 19.6 Å². The lowest BCUT2D eigenvalue weighted by molar-refractivity contribution is 0.103. The van der Waals surface area contributed by atoms with Gasteiger partial charge in [0.2, 0.25) is 5.78 Å². The van der Waals surface area contributed by atoms with Crippen molar-refractivity contribution in [1.29, 1.82) is 0 Å². The predicted molar refractivity (Wildman–Crippen MR) is 84.7 cm³/mol. The van der Waals surface area contributed by atoms with Crippen LogP contribution in [0.15, 0.2) is 61.1 Å². The van der Waals surface area contributed by atoms with Gasteiger partial charge in [-0.15, -0.1) is 0 Å². The zero-order valence-corrected chi connectivity index (χ0v) is 12.5. The highest BCUT2D eigenvalue weighted by Gasteiger charge is 2.16. The maximum Gasteiger partial charge on any atom is 0.211 e. The maximum atomic E-state index is 12.8. The zero-order chi connectivity index (χ0) is 15.5. The number of carbonyl (C=O) groups excluding carboxylic acids is 1. The summed E-state index contributed by atoms with van der Waals surface area (Å²) in [5.74, 6) is 0.738. The van der Waals surface area contributed by atoms with Crippen LogP contribution in [-0.4, -0.2) is 22.4 Å². The first-order valence-corrected chi connectivity index (χ1v) is 6.98. The minimum absolute atomic E-state index is 0.0357. The van der Waals surface area contributed by atoms with E-state index < -0.39 is 0 Å². The largest absolute Gasteiger partial charge is 0.497 e. The van der Waals surface area contributed by atoms with E-state index in [1.807, 2.05) is 55.5 Å². The smallest absolute Gasteiger partial charge is 0.211 e. The first kappa shape index (κ1) is 14.1. The highest BCUT2D eigenvalue weighted by Crippen LogP contribution is 2.19. The van der Waals surface area contributed by atoms with Crippen molar-refractivity contribution in [1.82, 2.24) is 9.55 Å². The van der Waals surface area contributed by atoms with Gasteiger partial charge in [0.1, 0.15) is 11.4 Å². The van der Waals surface area contributed by atoms with Crippen molar-refractivity contribution in [3.05, 3.63) is 77.9 Å². The van der Waals surface area contributed by atoms with Gasteiger partial charge in [-0.25, -0.2) is 4.98 Å². The van der Waals surface area contributed by atoms with Crippen LogP contribution in [0.5, 0.6) is 5.75 Å². The number of benzene rings is 2.